The summed E-state index contributed by atoms with van der Waals surface area (Å²) >= 11 is 0. The van der Waals surface area contributed by atoms with Gasteiger partial charge in [0.25, 0.3) is 0 Å². The average molecular weight is 242 g/mol. The van der Waals surface area contributed by atoms with E-state index in [2.05, 4.69) is 6.92 Å². The van der Waals surface area contributed by atoms with Crippen LogP contribution in [-0.4, -0.2) is 10.2 Å². The van der Waals surface area contributed by atoms with Crippen molar-refractivity contribution >= 4 is 0 Å². The molecule has 0 spiro atoms. The van der Waals surface area contributed by atoms with Gasteiger partial charge in [0.05, 0.1) is 0 Å². The fraction of sp³-hybridized carbons (Fsp3) is 0.250. The summed E-state index contributed by atoms with van der Waals surface area (Å²) in [7, 11) is 0. The van der Waals surface area contributed by atoms with Gasteiger partial charge in [0.15, 0.2) is 0 Å². The molecule has 0 aliphatic heterocycles. The van der Waals surface area contributed by atoms with Crippen LogP contribution < -0.4 is 0 Å². The molecule has 0 amide bonds. The fourth-order valence-corrected chi connectivity index (χ4v) is 2.36. The molecule has 0 aliphatic rings. The number of phenols is 2. The first kappa shape index (κ1) is 12.5. The van der Waals surface area contributed by atoms with Crippen molar-refractivity contribution in [2.75, 3.05) is 0 Å². The highest BCUT2D eigenvalue weighted by Crippen LogP contribution is 2.38. The minimum Gasteiger partial charge on any atom is -0.508 e. The number of aryl methyl sites for hydroxylation is 1. The maximum absolute atomic E-state index is 10.0. The maximum atomic E-state index is 10.0. The molecule has 0 heterocycles. The molecule has 0 aliphatic carbocycles. The standard InChI is InChI=1S/C16H18O2/c1-3-11-9-10-15(18)12(4-2)16(11)13-7-5-6-8-14(13)17/h5-10,17-18H,3-4H2,1-2H3. The molecule has 0 aromatic heterocycles. The largest absolute Gasteiger partial charge is 0.508 e. The van der Waals surface area contributed by atoms with Crippen LogP contribution in [-0.2, 0) is 12.8 Å². The van der Waals surface area contributed by atoms with E-state index in [1.54, 1.807) is 18.2 Å². The van der Waals surface area contributed by atoms with Gasteiger partial charge in [-0.3, -0.25) is 0 Å². The Morgan fingerprint density at radius 2 is 1.56 bits per heavy atom. The Kier molecular flexibility index (Phi) is 3.56. The van der Waals surface area contributed by atoms with E-state index in [0.717, 1.165) is 35.1 Å². The number of aromatic hydroxyl groups is 2. The van der Waals surface area contributed by atoms with Crippen molar-refractivity contribution in [3.05, 3.63) is 47.5 Å². The number of hydrogen-bond acceptors (Lipinski definition) is 2. The van der Waals surface area contributed by atoms with Gasteiger partial charge in [0.2, 0.25) is 0 Å². The average Bonchev–Trinajstić information content (AvgIpc) is 2.39. The predicted molar refractivity (Wildman–Crippen MR) is 74.0 cm³/mol. The summed E-state index contributed by atoms with van der Waals surface area (Å²) in [5, 5.41) is 20.0. The highest BCUT2D eigenvalue weighted by molar-refractivity contribution is 5.78. The van der Waals surface area contributed by atoms with Crippen molar-refractivity contribution in [2.45, 2.75) is 26.7 Å². The van der Waals surface area contributed by atoms with E-state index in [9.17, 15) is 10.2 Å². The van der Waals surface area contributed by atoms with Crippen LogP contribution in [0.1, 0.15) is 25.0 Å². The molecule has 2 aromatic carbocycles. The molecule has 2 aromatic rings. The number of benzene rings is 2. The molecular formula is C16H18O2. The third-order valence-electron chi connectivity index (χ3n) is 3.28. The highest BCUT2D eigenvalue weighted by atomic mass is 16.3. The van der Waals surface area contributed by atoms with Gasteiger partial charge in [0, 0.05) is 11.1 Å². The Balaban J connectivity index is 2.76. The molecule has 2 rings (SSSR count). The Hall–Kier alpha value is -1.96. The predicted octanol–water partition coefficient (Wildman–Crippen LogP) is 3.89. The van der Waals surface area contributed by atoms with Gasteiger partial charge in [-0.25, -0.2) is 0 Å². The number of hydrogen-bond donors (Lipinski definition) is 2. The third-order valence-corrected chi connectivity index (χ3v) is 3.28. The zero-order chi connectivity index (χ0) is 13.1. The lowest BCUT2D eigenvalue weighted by Crippen LogP contribution is -1.95. The molecule has 2 heteroatoms. The molecule has 0 saturated carbocycles. The Labute approximate surface area is 108 Å². The number of para-hydroxylation sites is 1. The second-order valence-corrected chi connectivity index (χ2v) is 4.32. The molecule has 0 saturated heterocycles. The molecule has 0 atom stereocenters. The molecule has 94 valence electrons. The van der Waals surface area contributed by atoms with Crippen molar-refractivity contribution < 1.29 is 10.2 Å². The van der Waals surface area contributed by atoms with Crippen LogP contribution in [0.5, 0.6) is 11.5 Å². The lowest BCUT2D eigenvalue weighted by atomic mass is 9.90. The van der Waals surface area contributed by atoms with Crippen LogP contribution in [0.25, 0.3) is 11.1 Å². The van der Waals surface area contributed by atoms with E-state index in [0.29, 0.717) is 5.75 Å². The van der Waals surface area contributed by atoms with E-state index >= 15 is 0 Å². The molecule has 0 bridgehead atoms. The minimum atomic E-state index is 0.257. The summed E-state index contributed by atoms with van der Waals surface area (Å²) in [5.74, 6) is 0.556. The number of rotatable bonds is 3. The Morgan fingerprint density at radius 3 is 2.17 bits per heavy atom. The molecule has 0 fully saturated rings. The van der Waals surface area contributed by atoms with Crippen LogP contribution in [0.3, 0.4) is 0 Å². The van der Waals surface area contributed by atoms with Crippen LogP contribution in [0.2, 0.25) is 0 Å². The number of phenolic OH excluding ortho intramolecular Hbond substituents is 2. The molecule has 0 radical (unpaired) electrons. The van der Waals surface area contributed by atoms with Gasteiger partial charge >= 0.3 is 0 Å². The first-order valence-corrected chi connectivity index (χ1v) is 6.31. The molecule has 2 N–H and O–H groups in total. The topological polar surface area (TPSA) is 40.5 Å². The van der Waals surface area contributed by atoms with Crippen molar-refractivity contribution in [1.29, 1.82) is 0 Å². The third kappa shape index (κ3) is 2.06. The summed E-state index contributed by atoms with van der Waals surface area (Å²) in [6, 6.07) is 10.9. The molecular weight excluding hydrogens is 224 g/mol. The molecule has 2 nitrogen and oxygen atoms in total. The lowest BCUT2D eigenvalue weighted by Gasteiger charge is -2.16. The van der Waals surface area contributed by atoms with Gasteiger partial charge in [-0.2, -0.15) is 0 Å². The van der Waals surface area contributed by atoms with E-state index in [1.165, 1.54) is 0 Å². The zero-order valence-corrected chi connectivity index (χ0v) is 10.8. The molecule has 18 heavy (non-hydrogen) atoms. The van der Waals surface area contributed by atoms with Crippen molar-refractivity contribution in [3.63, 3.8) is 0 Å². The van der Waals surface area contributed by atoms with Gasteiger partial charge in [-0.05, 0) is 36.1 Å². The SMILES string of the molecule is CCc1ccc(O)c(CC)c1-c1ccccc1O. The Bertz CT molecular complexity index is 559. The van der Waals surface area contributed by atoms with E-state index in [4.69, 9.17) is 0 Å². The summed E-state index contributed by atoms with van der Waals surface area (Å²) in [6.07, 6.45) is 1.61. The van der Waals surface area contributed by atoms with Crippen molar-refractivity contribution in [1.82, 2.24) is 0 Å². The van der Waals surface area contributed by atoms with Gasteiger partial charge in [-0.1, -0.05) is 38.1 Å². The minimum absolute atomic E-state index is 0.257. The summed E-state index contributed by atoms with van der Waals surface area (Å²) in [5.41, 5.74) is 3.81. The first-order valence-electron chi connectivity index (χ1n) is 6.31. The summed E-state index contributed by atoms with van der Waals surface area (Å²) in [4.78, 5) is 0. The lowest BCUT2D eigenvalue weighted by molar-refractivity contribution is 0.468. The quantitative estimate of drug-likeness (QED) is 0.857. The first-order chi connectivity index (χ1) is 8.69. The van der Waals surface area contributed by atoms with E-state index < -0.39 is 0 Å². The van der Waals surface area contributed by atoms with Gasteiger partial charge in [-0.15, -0.1) is 0 Å². The van der Waals surface area contributed by atoms with Crippen LogP contribution in [0, 0.1) is 0 Å². The van der Waals surface area contributed by atoms with Crippen molar-refractivity contribution in [3.8, 4) is 22.6 Å². The van der Waals surface area contributed by atoms with E-state index in [-0.39, 0.29) is 5.75 Å². The van der Waals surface area contributed by atoms with Gasteiger partial charge < -0.3 is 10.2 Å². The molecule has 0 unspecified atom stereocenters. The second-order valence-electron chi connectivity index (χ2n) is 4.32. The monoisotopic (exact) mass is 242 g/mol. The van der Waals surface area contributed by atoms with Crippen molar-refractivity contribution in [2.24, 2.45) is 0 Å². The van der Waals surface area contributed by atoms with Crippen LogP contribution in [0.15, 0.2) is 36.4 Å². The zero-order valence-electron chi connectivity index (χ0n) is 10.8. The summed E-state index contributed by atoms with van der Waals surface area (Å²) < 4.78 is 0. The van der Waals surface area contributed by atoms with Crippen LogP contribution in [0.4, 0.5) is 0 Å². The maximum Gasteiger partial charge on any atom is 0.123 e. The van der Waals surface area contributed by atoms with Crippen LogP contribution >= 0.6 is 0 Å². The summed E-state index contributed by atoms with van der Waals surface area (Å²) in [6.45, 7) is 4.09. The second kappa shape index (κ2) is 5.13. The normalized spacial score (nSPS) is 10.6. The van der Waals surface area contributed by atoms with Gasteiger partial charge in [0.1, 0.15) is 11.5 Å². The highest BCUT2D eigenvalue weighted by Gasteiger charge is 2.15. The Morgan fingerprint density at radius 1 is 0.833 bits per heavy atom. The fourth-order valence-electron chi connectivity index (χ4n) is 2.36. The smallest absolute Gasteiger partial charge is 0.123 e. The van der Waals surface area contributed by atoms with E-state index in [1.807, 2.05) is 25.1 Å².